The smallest absolute Gasteiger partial charge is 0.194 e. The molecule has 0 bridgehead atoms. The number of hydrogen-bond acceptors (Lipinski definition) is 6. The molecule has 2 N–H and O–H groups in total. The molecule has 0 amide bonds. The number of imidazole rings is 1. The van der Waals surface area contributed by atoms with Crippen LogP contribution < -0.4 is 10.2 Å². The van der Waals surface area contributed by atoms with Crippen molar-refractivity contribution < 1.29 is 23.0 Å². The molecule has 0 spiro atoms. The van der Waals surface area contributed by atoms with Gasteiger partial charge in [0.05, 0.1) is 54.6 Å². The highest BCUT2D eigenvalue weighted by atomic mass is 35.5. The van der Waals surface area contributed by atoms with Crippen molar-refractivity contribution in [1.29, 1.82) is 0 Å². The minimum atomic E-state index is -1.60. The summed E-state index contributed by atoms with van der Waals surface area (Å²) in [6.07, 6.45) is 5.04. The van der Waals surface area contributed by atoms with Crippen LogP contribution in [0.3, 0.4) is 0 Å². The molecule has 4 rings (SSSR count). The molecule has 1 aliphatic heterocycles. The lowest BCUT2D eigenvalue weighted by Gasteiger charge is -2.37. The van der Waals surface area contributed by atoms with E-state index in [1.807, 2.05) is 23.8 Å². The molecule has 11 heteroatoms. The molecule has 0 saturated carbocycles. The normalized spacial score (nSPS) is 15.7. The standard InChI is InChI=1S/C24H21ClF3N5O2/c1-13-10-32(12-29-13)20-5-4-16(8-22(20)35-3)30-19-9-23(25)31-33(14(19)2)21(11-34)15-6-17(26)24(28)18(27)7-15/h4-10,12,21,31,34H,2,11H2,1,3H3/t21-/m0/s1. The Kier molecular flexibility index (Phi) is 6.86. The largest absolute Gasteiger partial charge is 0.494 e. The number of aliphatic hydroxyl groups excluding tert-OH is 1. The highest BCUT2D eigenvalue weighted by Gasteiger charge is 2.29. The van der Waals surface area contributed by atoms with E-state index in [1.54, 1.807) is 18.5 Å². The number of aryl methyl sites for hydroxylation is 1. The van der Waals surface area contributed by atoms with E-state index in [-0.39, 0.29) is 16.4 Å². The van der Waals surface area contributed by atoms with Crippen molar-refractivity contribution in [2.45, 2.75) is 13.0 Å². The molecule has 1 atom stereocenters. The summed E-state index contributed by atoms with van der Waals surface area (Å²) < 4.78 is 48.4. The second-order valence-electron chi connectivity index (χ2n) is 7.69. The summed E-state index contributed by atoms with van der Waals surface area (Å²) in [5.41, 5.74) is 5.47. The number of nitrogens with one attached hydrogen (secondary N) is 1. The number of rotatable bonds is 6. The van der Waals surface area contributed by atoms with Gasteiger partial charge in [-0.3, -0.25) is 10.4 Å². The zero-order chi connectivity index (χ0) is 25.3. The number of aromatic nitrogens is 2. The topological polar surface area (TPSA) is 74.9 Å². The number of aliphatic imine (C=N–C) groups is 1. The van der Waals surface area contributed by atoms with Crippen molar-refractivity contribution in [2.75, 3.05) is 13.7 Å². The average Bonchev–Trinajstić information content (AvgIpc) is 3.26. The van der Waals surface area contributed by atoms with Crippen molar-refractivity contribution in [3.63, 3.8) is 0 Å². The van der Waals surface area contributed by atoms with Gasteiger partial charge in [0.1, 0.15) is 10.9 Å². The first kappa shape index (κ1) is 24.4. The fourth-order valence-corrected chi connectivity index (χ4v) is 3.84. The number of hydrogen-bond donors (Lipinski definition) is 2. The Hall–Kier alpha value is -3.76. The molecule has 3 aromatic rings. The van der Waals surface area contributed by atoms with E-state index in [1.165, 1.54) is 18.2 Å². The fourth-order valence-electron chi connectivity index (χ4n) is 3.65. The van der Waals surface area contributed by atoms with E-state index in [2.05, 4.69) is 22.0 Å². The Labute approximate surface area is 204 Å². The van der Waals surface area contributed by atoms with Gasteiger partial charge in [0.25, 0.3) is 0 Å². The first-order valence-corrected chi connectivity index (χ1v) is 10.7. The molecule has 0 fully saturated rings. The number of nitrogens with zero attached hydrogens (tertiary/aromatic N) is 4. The molecule has 0 radical (unpaired) electrons. The summed E-state index contributed by atoms with van der Waals surface area (Å²) in [5, 5.41) is 11.4. The Morgan fingerprint density at radius 2 is 1.94 bits per heavy atom. The number of methoxy groups -OCH3 is 1. The van der Waals surface area contributed by atoms with E-state index < -0.39 is 30.1 Å². The molecule has 182 valence electrons. The summed E-state index contributed by atoms with van der Waals surface area (Å²) in [6, 6.07) is 5.86. The van der Waals surface area contributed by atoms with Crippen LogP contribution in [0, 0.1) is 24.4 Å². The van der Waals surface area contributed by atoms with E-state index in [0.29, 0.717) is 17.1 Å². The maximum absolute atomic E-state index is 13.8. The SMILES string of the molecule is C=C1C(=Nc2ccc(-n3cnc(C)c3)c(OC)c2)C=C(Cl)NN1[C@@H](CO)c1cc(F)c(F)c(F)c1. The quantitative estimate of drug-likeness (QED) is 0.372. The highest BCUT2D eigenvalue weighted by Crippen LogP contribution is 2.32. The monoisotopic (exact) mass is 503 g/mol. The lowest BCUT2D eigenvalue weighted by atomic mass is 10.0. The minimum Gasteiger partial charge on any atom is -0.494 e. The van der Waals surface area contributed by atoms with Gasteiger partial charge < -0.3 is 14.4 Å². The molecule has 2 heterocycles. The van der Waals surface area contributed by atoms with Gasteiger partial charge in [-0.2, -0.15) is 0 Å². The van der Waals surface area contributed by atoms with Crippen LogP contribution in [0.4, 0.5) is 18.9 Å². The molecule has 2 aromatic carbocycles. The zero-order valence-corrected chi connectivity index (χ0v) is 19.5. The molecule has 35 heavy (non-hydrogen) atoms. The summed E-state index contributed by atoms with van der Waals surface area (Å²) in [5.74, 6) is -3.81. The van der Waals surface area contributed by atoms with Crippen LogP contribution in [-0.4, -0.2) is 39.1 Å². The van der Waals surface area contributed by atoms with Crippen molar-refractivity contribution in [1.82, 2.24) is 20.0 Å². The van der Waals surface area contributed by atoms with Gasteiger partial charge in [0.15, 0.2) is 17.5 Å². The van der Waals surface area contributed by atoms with Crippen molar-refractivity contribution in [3.05, 3.63) is 95.1 Å². The molecular formula is C24H21ClF3N5O2. The molecule has 1 aromatic heterocycles. The van der Waals surface area contributed by atoms with Gasteiger partial charge in [0.2, 0.25) is 0 Å². The third-order valence-corrected chi connectivity index (χ3v) is 5.55. The summed E-state index contributed by atoms with van der Waals surface area (Å²) in [6.45, 7) is 5.28. The van der Waals surface area contributed by atoms with Crippen molar-refractivity contribution in [3.8, 4) is 11.4 Å². The summed E-state index contributed by atoms with van der Waals surface area (Å²) in [7, 11) is 1.54. The van der Waals surface area contributed by atoms with Gasteiger partial charge in [-0.15, -0.1) is 0 Å². The third kappa shape index (κ3) is 4.89. The Bertz CT molecular complexity index is 1330. The summed E-state index contributed by atoms with van der Waals surface area (Å²) in [4.78, 5) is 8.81. The second kappa shape index (κ2) is 9.85. The maximum atomic E-state index is 13.8. The van der Waals surface area contributed by atoms with Gasteiger partial charge in [-0.25, -0.2) is 23.1 Å². The molecule has 1 aliphatic rings. The Balaban J connectivity index is 1.69. The van der Waals surface area contributed by atoms with Crippen LogP contribution in [0.1, 0.15) is 17.3 Å². The van der Waals surface area contributed by atoms with Gasteiger partial charge in [-0.1, -0.05) is 18.2 Å². The Morgan fingerprint density at radius 1 is 1.23 bits per heavy atom. The molecule has 0 unspecified atom stereocenters. The predicted molar refractivity (Wildman–Crippen MR) is 126 cm³/mol. The van der Waals surface area contributed by atoms with Crippen LogP contribution in [-0.2, 0) is 0 Å². The van der Waals surface area contributed by atoms with E-state index in [4.69, 9.17) is 16.3 Å². The zero-order valence-electron chi connectivity index (χ0n) is 18.8. The summed E-state index contributed by atoms with van der Waals surface area (Å²) >= 11 is 6.24. The first-order valence-electron chi connectivity index (χ1n) is 10.4. The molecule has 7 nitrogen and oxygen atoms in total. The Morgan fingerprint density at radius 3 is 2.54 bits per heavy atom. The second-order valence-corrected chi connectivity index (χ2v) is 8.10. The van der Waals surface area contributed by atoms with E-state index >= 15 is 0 Å². The molecular weight excluding hydrogens is 483 g/mol. The average molecular weight is 504 g/mol. The van der Waals surface area contributed by atoms with Gasteiger partial charge in [-0.05, 0) is 36.8 Å². The molecule has 0 aliphatic carbocycles. The number of aliphatic hydroxyl groups is 1. The van der Waals surface area contributed by atoms with Crippen molar-refractivity contribution in [2.24, 2.45) is 4.99 Å². The number of ether oxygens (including phenoxy) is 1. The third-order valence-electron chi connectivity index (χ3n) is 5.36. The molecule has 0 saturated heterocycles. The number of allylic oxidation sites excluding steroid dienone is 1. The van der Waals surface area contributed by atoms with E-state index in [9.17, 15) is 18.3 Å². The van der Waals surface area contributed by atoms with E-state index in [0.717, 1.165) is 23.5 Å². The number of benzene rings is 2. The van der Waals surface area contributed by atoms with Crippen LogP contribution in [0.15, 0.2) is 71.4 Å². The lowest BCUT2D eigenvalue weighted by Crippen LogP contribution is -2.44. The minimum absolute atomic E-state index is 0.0232. The first-order chi connectivity index (χ1) is 16.7. The van der Waals surface area contributed by atoms with Crippen LogP contribution in [0.5, 0.6) is 5.75 Å². The predicted octanol–water partition coefficient (Wildman–Crippen LogP) is 4.83. The number of hydrazine groups is 1. The lowest BCUT2D eigenvalue weighted by molar-refractivity contribution is 0.129. The van der Waals surface area contributed by atoms with Crippen LogP contribution >= 0.6 is 11.6 Å². The van der Waals surface area contributed by atoms with Gasteiger partial charge >= 0.3 is 0 Å². The van der Waals surface area contributed by atoms with Crippen molar-refractivity contribution >= 4 is 23.0 Å². The van der Waals surface area contributed by atoms with Crippen LogP contribution in [0.2, 0.25) is 0 Å². The highest BCUT2D eigenvalue weighted by molar-refractivity contribution is 6.32. The fraction of sp³-hybridized carbons (Fsp3) is 0.167. The number of halogens is 4. The van der Waals surface area contributed by atoms with Crippen LogP contribution in [0.25, 0.3) is 5.69 Å². The van der Waals surface area contributed by atoms with Gasteiger partial charge in [0, 0.05) is 18.3 Å². The maximum Gasteiger partial charge on any atom is 0.194 e.